The van der Waals surface area contributed by atoms with E-state index in [-0.39, 0.29) is 6.61 Å². The summed E-state index contributed by atoms with van der Waals surface area (Å²) >= 11 is 0. The minimum absolute atomic E-state index is 0.244. The van der Waals surface area contributed by atoms with Gasteiger partial charge in [0.2, 0.25) is 0 Å². The molecule has 0 bridgehead atoms. The summed E-state index contributed by atoms with van der Waals surface area (Å²) in [6.45, 7) is 5.93. The number of ether oxygens (including phenoxy) is 1. The zero-order valence-electron chi connectivity index (χ0n) is 10.1. The van der Waals surface area contributed by atoms with E-state index in [1.807, 2.05) is 19.1 Å². The minimum Gasteiger partial charge on any atom is -0.494 e. The van der Waals surface area contributed by atoms with Crippen LogP contribution in [0.25, 0.3) is 0 Å². The van der Waals surface area contributed by atoms with Gasteiger partial charge in [-0.25, -0.2) is 0 Å². The number of hydrogen-bond donors (Lipinski definition) is 2. The molecule has 0 saturated heterocycles. The zero-order chi connectivity index (χ0) is 11.8. The molecule has 3 N–H and O–H groups in total. The molecule has 0 unspecified atom stereocenters. The van der Waals surface area contributed by atoms with Crippen LogP contribution in [0.3, 0.4) is 0 Å². The predicted octanol–water partition coefficient (Wildman–Crippen LogP) is 0.920. The number of benzene rings is 1. The lowest BCUT2D eigenvalue weighted by Gasteiger charge is -2.10. The molecule has 1 atom stereocenters. The molecule has 1 aromatic rings. The van der Waals surface area contributed by atoms with Crippen LogP contribution in [-0.2, 0) is 6.54 Å². The normalized spacial score (nSPS) is 12.4. The van der Waals surface area contributed by atoms with E-state index in [4.69, 9.17) is 9.84 Å². The Labute approximate surface area is 97.4 Å². The standard InChI is InChI=1S/C13H21NO2/c1-3-12(10-15)14-9-11-5-7-13(8-6-11)16-4-2/h5-8,12,14-15H,3-4,9-10H2,1-2H3/p+1/t12-/m1/s1. The Balaban J connectivity index is 2.42. The van der Waals surface area contributed by atoms with Crippen molar-refractivity contribution < 1.29 is 15.2 Å². The van der Waals surface area contributed by atoms with Crippen molar-refractivity contribution in [1.29, 1.82) is 0 Å². The van der Waals surface area contributed by atoms with Gasteiger partial charge in [0, 0.05) is 5.56 Å². The van der Waals surface area contributed by atoms with Gasteiger partial charge in [0.1, 0.15) is 18.3 Å². The summed E-state index contributed by atoms with van der Waals surface area (Å²) in [5, 5.41) is 11.2. The number of rotatable bonds is 7. The summed E-state index contributed by atoms with van der Waals surface area (Å²) in [5.74, 6) is 0.917. The number of hydrogen-bond acceptors (Lipinski definition) is 2. The summed E-state index contributed by atoms with van der Waals surface area (Å²) in [7, 11) is 0. The fourth-order valence-electron chi connectivity index (χ4n) is 1.56. The molecule has 0 aliphatic heterocycles. The van der Waals surface area contributed by atoms with E-state index in [2.05, 4.69) is 24.4 Å². The van der Waals surface area contributed by atoms with Gasteiger partial charge in [-0.3, -0.25) is 0 Å². The van der Waals surface area contributed by atoms with Crippen molar-refractivity contribution >= 4 is 0 Å². The predicted molar refractivity (Wildman–Crippen MR) is 64.4 cm³/mol. The molecule has 0 spiro atoms. The highest BCUT2D eigenvalue weighted by molar-refractivity contribution is 5.26. The smallest absolute Gasteiger partial charge is 0.119 e. The number of aliphatic hydroxyl groups excluding tert-OH is 1. The highest BCUT2D eigenvalue weighted by Gasteiger charge is 2.06. The maximum Gasteiger partial charge on any atom is 0.119 e. The highest BCUT2D eigenvalue weighted by atomic mass is 16.5. The third-order valence-corrected chi connectivity index (χ3v) is 2.68. The van der Waals surface area contributed by atoms with Gasteiger partial charge in [0.05, 0.1) is 13.2 Å². The van der Waals surface area contributed by atoms with Gasteiger partial charge in [-0.05, 0) is 37.6 Å². The van der Waals surface area contributed by atoms with Crippen molar-refractivity contribution in [3.63, 3.8) is 0 Å². The molecule has 1 rings (SSSR count). The number of aliphatic hydroxyl groups is 1. The first-order chi connectivity index (χ1) is 7.80. The molecule has 1 aromatic carbocycles. The van der Waals surface area contributed by atoms with Crippen molar-refractivity contribution in [2.75, 3.05) is 13.2 Å². The zero-order valence-corrected chi connectivity index (χ0v) is 10.1. The number of quaternary nitrogens is 1. The van der Waals surface area contributed by atoms with Gasteiger partial charge in [-0.15, -0.1) is 0 Å². The van der Waals surface area contributed by atoms with Crippen LogP contribution in [0.1, 0.15) is 25.8 Å². The third-order valence-electron chi connectivity index (χ3n) is 2.68. The molecule has 3 heteroatoms. The maximum absolute atomic E-state index is 9.07. The van der Waals surface area contributed by atoms with Gasteiger partial charge in [-0.1, -0.05) is 6.92 Å². The maximum atomic E-state index is 9.07. The second-order valence-electron chi connectivity index (χ2n) is 3.87. The first-order valence-corrected chi connectivity index (χ1v) is 5.96. The minimum atomic E-state index is 0.244. The number of nitrogens with two attached hydrogens (primary N) is 1. The lowest BCUT2D eigenvalue weighted by Crippen LogP contribution is -2.89. The molecule has 0 saturated carbocycles. The average molecular weight is 224 g/mol. The molecule has 0 aliphatic rings. The lowest BCUT2D eigenvalue weighted by atomic mass is 10.2. The first kappa shape index (κ1) is 13.0. The summed E-state index contributed by atoms with van der Waals surface area (Å²) < 4.78 is 5.38. The molecule has 0 radical (unpaired) electrons. The largest absolute Gasteiger partial charge is 0.494 e. The summed E-state index contributed by atoms with van der Waals surface area (Å²) in [6, 6.07) is 8.45. The fourth-order valence-corrected chi connectivity index (χ4v) is 1.56. The molecule has 0 aliphatic carbocycles. The van der Waals surface area contributed by atoms with Gasteiger partial charge < -0.3 is 15.2 Å². The Morgan fingerprint density at radius 1 is 1.25 bits per heavy atom. The molecule has 90 valence electrons. The first-order valence-electron chi connectivity index (χ1n) is 5.96. The van der Waals surface area contributed by atoms with Gasteiger partial charge in [0.15, 0.2) is 0 Å². The Kier molecular flexibility index (Phi) is 5.90. The van der Waals surface area contributed by atoms with E-state index in [9.17, 15) is 0 Å². The second-order valence-corrected chi connectivity index (χ2v) is 3.87. The molecule has 16 heavy (non-hydrogen) atoms. The Morgan fingerprint density at radius 2 is 1.94 bits per heavy atom. The molecule has 3 nitrogen and oxygen atoms in total. The van der Waals surface area contributed by atoms with Gasteiger partial charge in [0.25, 0.3) is 0 Å². The van der Waals surface area contributed by atoms with Crippen LogP contribution < -0.4 is 10.1 Å². The van der Waals surface area contributed by atoms with Crippen molar-refractivity contribution in [1.82, 2.24) is 0 Å². The molecular formula is C13H22NO2+. The monoisotopic (exact) mass is 224 g/mol. The van der Waals surface area contributed by atoms with Crippen molar-refractivity contribution in [3.8, 4) is 5.75 Å². The second kappa shape index (κ2) is 7.25. The van der Waals surface area contributed by atoms with Crippen molar-refractivity contribution in [3.05, 3.63) is 29.8 Å². The molecule has 0 fully saturated rings. The highest BCUT2D eigenvalue weighted by Crippen LogP contribution is 2.11. The van der Waals surface area contributed by atoms with Crippen LogP contribution in [0, 0.1) is 0 Å². The van der Waals surface area contributed by atoms with Crippen molar-refractivity contribution in [2.24, 2.45) is 0 Å². The topological polar surface area (TPSA) is 46.1 Å². The Hall–Kier alpha value is -1.06. The SMILES string of the molecule is CCOc1ccc(C[NH2+][C@H](CC)CO)cc1. The summed E-state index contributed by atoms with van der Waals surface area (Å²) in [5.41, 5.74) is 1.26. The molecule has 0 heterocycles. The van der Waals surface area contributed by atoms with E-state index in [0.717, 1.165) is 18.7 Å². The van der Waals surface area contributed by atoms with Crippen LogP contribution >= 0.6 is 0 Å². The summed E-state index contributed by atoms with van der Waals surface area (Å²) in [4.78, 5) is 0. The van der Waals surface area contributed by atoms with E-state index in [1.165, 1.54) is 5.56 Å². The fraction of sp³-hybridized carbons (Fsp3) is 0.538. The molecular weight excluding hydrogens is 202 g/mol. The Morgan fingerprint density at radius 3 is 2.44 bits per heavy atom. The van der Waals surface area contributed by atoms with E-state index >= 15 is 0 Å². The molecule has 0 amide bonds. The van der Waals surface area contributed by atoms with Crippen molar-refractivity contribution in [2.45, 2.75) is 32.9 Å². The molecule has 0 aromatic heterocycles. The third kappa shape index (κ3) is 4.21. The van der Waals surface area contributed by atoms with Gasteiger partial charge >= 0.3 is 0 Å². The van der Waals surface area contributed by atoms with E-state index in [0.29, 0.717) is 12.6 Å². The van der Waals surface area contributed by atoms with Crippen LogP contribution in [0.4, 0.5) is 0 Å². The quantitative estimate of drug-likeness (QED) is 0.723. The van der Waals surface area contributed by atoms with E-state index < -0.39 is 0 Å². The van der Waals surface area contributed by atoms with Crippen LogP contribution in [-0.4, -0.2) is 24.4 Å². The van der Waals surface area contributed by atoms with Crippen LogP contribution in [0.15, 0.2) is 24.3 Å². The van der Waals surface area contributed by atoms with Crippen LogP contribution in [0.2, 0.25) is 0 Å². The Bertz CT molecular complexity index is 280. The van der Waals surface area contributed by atoms with Crippen LogP contribution in [0.5, 0.6) is 5.75 Å². The van der Waals surface area contributed by atoms with Gasteiger partial charge in [-0.2, -0.15) is 0 Å². The lowest BCUT2D eigenvalue weighted by molar-refractivity contribution is -0.706. The average Bonchev–Trinajstić information content (AvgIpc) is 2.33. The summed E-state index contributed by atoms with van der Waals surface area (Å²) in [6.07, 6.45) is 0.994. The van der Waals surface area contributed by atoms with E-state index in [1.54, 1.807) is 0 Å².